The van der Waals surface area contributed by atoms with Gasteiger partial charge in [0, 0.05) is 18.9 Å². The monoisotopic (exact) mass is 216 g/mol. The Morgan fingerprint density at radius 2 is 2.31 bits per heavy atom. The van der Waals surface area contributed by atoms with Crippen LogP contribution < -0.4 is 5.32 Å². The fourth-order valence-electron chi connectivity index (χ4n) is 1.51. The highest BCUT2D eigenvalue weighted by molar-refractivity contribution is 5.59. The first-order chi connectivity index (χ1) is 7.81. The van der Waals surface area contributed by atoms with E-state index in [2.05, 4.69) is 27.2 Å². The number of hydrogen-bond donors (Lipinski definition) is 2. The third-order valence-corrected chi connectivity index (χ3v) is 2.36. The van der Waals surface area contributed by atoms with Crippen LogP contribution >= 0.6 is 0 Å². The zero-order valence-corrected chi connectivity index (χ0v) is 9.62. The summed E-state index contributed by atoms with van der Waals surface area (Å²) >= 11 is 0. The average molecular weight is 216 g/mol. The Morgan fingerprint density at radius 1 is 1.44 bits per heavy atom. The van der Waals surface area contributed by atoms with Gasteiger partial charge in [0.15, 0.2) is 0 Å². The van der Waals surface area contributed by atoms with E-state index in [-0.39, 0.29) is 0 Å². The molecule has 0 amide bonds. The van der Waals surface area contributed by atoms with Crippen molar-refractivity contribution in [3.05, 3.63) is 30.1 Å². The summed E-state index contributed by atoms with van der Waals surface area (Å²) in [5.41, 5.74) is 3.06. The standard InChI is InChI=1S/C12H16N4/c1-3-6-14-12-15-8-9(2)11(16-12)10-5-4-7-13-10/h4-5,7-8,13H,3,6H2,1-2H3,(H,14,15,16). The van der Waals surface area contributed by atoms with Crippen molar-refractivity contribution in [2.45, 2.75) is 20.3 Å². The van der Waals surface area contributed by atoms with Crippen molar-refractivity contribution < 1.29 is 0 Å². The number of rotatable bonds is 4. The fraction of sp³-hybridized carbons (Fsp3) is 0.333. The molecule has 0 fully saturated rings. The molecule has 0 unspecified atom stereocenters. The zero-order valence-electron chi connectivity index (χ0n) is 9.62. The Hall–Kier alpha value is -1.84. The summed E-state index contributed by atoms with van der Waals surface area (Å²) in [5, 5.41) is 3.19. The third-order valence-electron chi connectivity index (χ3n) is 2.36. The maximum absolute atomic E-state index is 4.50. The molecule has 0 radical (unpaired) electrons. The van der Waals surface area contributed by atoms with Crippen LogP contribution in [0.4, 0.5) is 5.95 Å². The van der Waals surface area contributed by atoms with Crippen LogP contribution in [-0.4, -0.2) is 21.5 Å². The molecule has 0 atom stereocenters. The van der Waals surface area contributed by atoms with Crippen molar-refractivity contribution in [3.8, 4) is 11.4 Å². The van der Waals surface area contributed by atoms with E-state index in [0.29, 0.717) is 5.95 Å². The van der Waals surface area contributed by atoms with Crippen molar-refractivity contribution in [2.24, 2.45) is 0 Å². The van der Waals surface area contributed by atoms with Crippen LogP contribution in [0.1, 0.15) is 18.9 Å². The summed E-state index contributed by atoms with van der Waals surface area (Å²) in [4.78, 5) is 11.9. The highest BCUT2D eigenvalue weighted by Gasteiger charge is 2.06. The molecule has 0 saturated carbocycles. The van der Waals surface area contributed by atoms with Crippen LogP contribution in [0.5, 0.6) is 0 Å². The Morgan fingerprint density at radius 3 is 3.00 bits per heavy atom. The van der Waals surface area contributed by atoms with Crippen molar-refractivity contribution in [2.75, 3.05) is 11.9 Å². The molecule has 0 aliphatic heterocycles. The summed E-state index contributed by atoms with van der Waals surface area (Å²) in [6, 6.07) is 3.98. The molecule has 0 saturated heterocycles. The molecule has 4 heteroatoms. The van der Waals surface area contributed by atoms with Crippen molar-refractivity contribution in [1.29, 1.82) is 0 Å². The maximum Gasteiger partial charge on any atom is 0.223 e. The van der Waals surface area contributed by atoms with E-state index in [4.69, 9.17) is 0 Å². The molecule has 2 aromatic rings. The predicted octanol–water partition coefficient (Wildman–Crippen LogP) is 2.60. The van der Waals surface area contributed by atoms with Crippen LogP contribution in [0.15, 0.2) is 24.5 Å². The van der Waals surface area contributed by atoms with Gasteiger partial charge in [-0.25, -0.2) is 9.97 Å². The van der Waals surface area contributed by atoms with Gasteiger partial charge in [-0.15, -0.1) is 0 Å². The number of aromatic amines is 1. The van der Waals surface area contributed by atoms with E-state index >= 15 is 0 Å². The first kappa shape index (κ1) is 10.7. The summed E-state index contributed by atoms with van der Waals surface area (Å²) in [6.07, 6.45) is 4.81. The molecular weight excluding hydrogens is 200 g/mol. The van der Waals surface area contributed by atoms with Gasteiger partial charge in [-0.2, -0.15) is 0 Å². The Labute approximate surface area is 95.1 Å². The minimum Gasteiger partial charge on any atom is -0.360 e. The SMILES string of the molecule is CCCNc1ncc(C)c(-c2ccc[nH]2)n1. The first-order valence-corrected chi connectivity index (χ1v) is 5.52. The topological polar surface area (TPSA) is 53.6 Å². The van der Waals surface area contributed by atoms with E-state index in [0.717, 1.165) is 29.9 Å². The van der Waals surface area contributed by atoms with E-state index < -0.39 is 0 Å². The van der Waals surface area contributed by atoms with E-state index in [1.807, 2.05) is 31.5 Å². The van der Waals surface area contributed by atoms with Gasteiger partial charge in [0.1, 0.15) is 0 Å². The lowest BCUT2D eigenvalue weighted by atomic mass is 10.2. The molecule has 0 bridgehead atoms. The van der Waals surface area contributed by atoms with Crippen molar-refractivity contribution in [1.82, 2.24) is 15.0 Å². The second kappa shape index (κ2) is 4.79. The first-order valence-electron chi connectivity index (χ1n) is 5.52. The van der Waals surface area contributed by atoms with Crippen LogP contribution in [-0.2, 0) is 0 Å². The number of hydrogen-bond acceptors (Lipinski definition) is 3. The van der Waals surface area contributed by atoms with Crippen LogP contribution in [0, 0.1) is 6.92 Å². The fourth-order valence-corrected chi connectivity index (χ4v) is 1.51. The van der Waals surface area contributed by atoms with Gasteiger partial charge in [0.2, 0.25) is 5.95 Å². The normalized spacial score (nSPS) is 10.4. The molecule has 84 valence electrons. The van der Waals surface area contributed by atoms with Gasteiger partial charge < -0.3 is 10.3 Å². The molecule has 0 aliphatic carbocycles. The molecule has 0 aliphatic rings. The summed E-state index contributed by atoms with van der Waals surface area (Å²) in [7, 11) is 0. The van der Waals surface area contributed by atoms with Crippen LogP contribution in [0.3, 0.4) is 0 Å². The van der Waals surface area contributed by atoms with Gasteiger partial charge in [-0.3, -0.25) is 0 Å². The number of anilines is 1. The molecule has 2 rings (SSSR count). The Kier molecular flexibility index (Phi) is 3.19. The molecule has 2 aromatic heterocycles. The van der Waals surface area contributed by atoms with Gasteiger partial charge in [0.25, 0.3) is 0 Å². The lowest BCUT2D eigenvalue weighted by molar-refractivity contribution is 0.950. The van der Waals surface area contributed by atoms with Crippen molar-refractivity contribution in [3.63, 3.8) is 0 Å². The van der Waals surface area contributed by atoms with Gasteiger partial charge in [-0.05, 0) is 31.0 Å². The zero-order chi connectivity index (χ0) is 11.4. The Bertz CT molecular complexity index is 448. The largest absolute Gasteiger partial charge is 0.360 e. The van der Waals surface area contributed by atoms with Gasteiger partial charge >= 0.3 is 0 Å². The number of nitrogens with zero attached hydrogens (tertiary/aromatic N) is 2. The quantitative estimate of drug-likeness (QED) is 0.826. The van der Waals surface area contributed by atoms with E-state index in [9.17, 15) is 0 Å². The predicted molar refractivity (Wildman–Crippen MR) is 65.3 cm³/mol. The van der Waals surface area contributed by atoms with Crippen molar-refractivity contribution >= 4 is 5.95 Å². The number of H-pyrrole nitrogens is 1. The lowest BCUT2D eigenvalue weighted by Crippen LogP contribution is -2.05. The minimum absolute atomic E-state index is 0.692. The summed E-state index contributed by atoms with van der Waals surface area (Å²) in [6.45, 7) is 5.03. The minimum atomic E-state index is 0.692. The summed E-state index contributed by atoms with van der Waals surface area (Å²) < 4.78 is 0. The lowest BCUT2D eigenvalue weighted by Gasteiger charge is -2.06. The third kappa shape index (κ3) is 2.21. The molecular formula is C12H16N4. The number of nitrogens with one attached hydrogen (secondary N) is 2. The number of aromatic nitrogens is 3. The molecule has 0 spiro atoms. The van der Waals surface area contributed by atoms with E-state index in [1.54, 1.807) is 0 Å². The number of aryl methyl sites for hydroxylation is 1. The highest BCUT2D eigenvalue weighted by Crippen LogP contribution is 2.19. The molecule has 4 nitrogen and oxygen atoms in total. The second-order valence-electron chi connectivity index (χ2n) is 3.74. The smallest absolute Gasteiger partial charge is 0.223 e. The Balaban J connectivity index is 2.30. The average Bonchev–Trinajstić information content (AvgIpc) is 2.81. The van der Waals surface area contributed by atoms with Gasteiger partial charge in [0.05, 0.1) is 11.4 Å². The highest BCUT2D eigenvalue weighted by atomic mass is 15.1. The molecule has 0 aromatic carbocycles. The molecule has 16 heavy (non-hydrogen) atoms. The molecule has 2 N–H and O–H groups in total. The van der Waals surface area contributed by atoms with E-state index in [1.165, 1.54) is 0 Å². The van der Waals surface area contributed by atoms with Gasteiger partial charge in [-0.1, -0.05) is 6.92 Å². The molecule has 2 heterocycles. The van der Waals surface area contributed by atoms with Crippen LogP contribution in [0.25, 0.3) is 11.4 Å². The summed E-state index contributed by atoms with van der Waals surface area (Å²) in [5.74, 6) is 0.692. The maximum atomic E-state index is 4.50. The van der Waals surface area contributed by atoms with Crippen LogP contribution in [0.2, 0.25) is 0 Å². The second-order valence-corrected chi connectivity index (χ2v) is 3.74.